The number of nitrogens with two attached hydrogens (primary N) is 1. The lowest BCUT2D eigenvalue weighted by Crippen LogP contribution is -2.42. The quantitative estimate of drug-likeness (QED) is 0.735. The highest BCUT2D eigenvalue weighted by Crippen LogP contribution is 2.21. The fourth-order valence-corrected chi connectivity index (χ4v) is 4.00. The van der Waals surface area contributed by atoms with Gasteiger partial charge < -0.3 is 20.3 Å². The van der Waals surface area contributed by atoms with E-state index in [1.165, 1.54) is 0 Å². The first kappa shape index (κ1) is 21.2. The van der Waals surface area contributed by atoms with E-state index in [9.17, 15) is 9.59 Å². The highest BCUT2D eigenvalue weighted by Gasteiger charge is 2.28. The van der Waals surface area contributed by atoms with Crippen LogP contribution in [0.15, 0.2) is 6.20 Å². The molecule has 2 N–H and O–H groups in total. The van der Waals surface area contributed by atoms with Crippen molar-refractivity contribution in [3.05, 3.63) is 29.0 Å². The summed E-state index contributed by atoms with van der Waals surface area (Å²) >= 11 is 0. The van der Waals surface area contributed by atoms with Crippen molar-refractivity contribution < 1.29 is 14.3 Å². The van der Waals surface area contributed by atoms with Gasteiger partial charge >= 0.3 is 0 Å². The average Bonchev–Trinajstić information content (AvgIpc) is 3.24. The smallest absolute Gasteiger partial charge is 0.276 e. The van der Waals surface area contributed by atoms with Gasteiger partial charge in [0.05, 0.1) is 30.8 Å². The number of morpholine rings is 1. The number of carbonyl (C=O) groups is 2. The number of aromatic nitrogens is 5. The van der Waals surface area contributed by atoms with Crippen molar-refractivity contribution in [1.82, 2.24) is 34.8 Å². The number of nitrogen functional groups attached to an aromatic ring is 1. The topological polar surface area (TPSA) is 132 Å². The maximum Gasteiger partial charge on any atom is 0.276 e. The first-order valence-electron chi connectivity index (χ1n) is 10.6. The van der Waals surface area contributed by atoms with Crippen LogP contribution in [-0.2, 0) is 11.3 Å². The molecular weight excluding hydrogens is 400 g/mol. The van der Waals surface area contributed by atoms with Crippen molar-refractivity contribution in [3.63, 3.8) is 0 Å². The number of carbonyl (C=O) groups excluding carboxylic acids is 2. The Hall–Kier alpha value is -3.08. The number of amides is 2. The fraction of sp³-hybridized carbons (Fsp3) is 0.600. The molecule has 0 radical (unpaired) electrons. The first-order chi connectivity index (χ1) is 14.9. The van der Waals surface area contributed by atoms with Gasteiger partial charge in [0.15, 0.2) is 17.2 Å². The van der Waals surface area contributed by atoms with E-state index in [-0.39, 0.29) is 29.2 Å². The van der Waals surface area contributed by atoms with Crippen molar-refractivity contribution in [1.29, 1.82) is 0 Å². The Morgan fingerprint density at radius 3 is 2.61 bits per heavy atom. The molecule has 2 saturated heterocycles. The minimum Gasteiger partial charge on any atom is -0.382 e. The molecule has 31 heavy (non-hydrogen) atoms. The molecule has 166 valence electrons. The number of piperidine rings is 1. The molecule has 2 amide bonds. The number of nitrogens with zero attached hydrogens (tertiary/aromatic N) is 7. The number of aryl methyl sites for hydroxylation is 2. The second-order valence-electron chi connectivity index (χ2n) is 8.12. The molecule has 2 aromatic rings. The lowest BCUT2D eigenvalue weighted by Gasteiger charge is -2.32. The third-order valence-corrected chi connectivity index (χ3v) is 5.84. The summed E-state index contributed by atoms with van der Waals surface area (Å²) in [5, 5.41) is 8.19. The zero-order valence-electron chi connectivity index (χ0n) is 18.0. The van der Waals surface area contributed by atoms with E-state index in [0.717, 1.165) is 18.5 Å². The minimum atomic E-state index is -0.195. The van der Waals surface area contributed by atoms with E-state index in [1.54, 1.807) is 20.7 Å². The number of anilines is 1. The second kappa shape index (κ2) is 8.96. The molecule has 2 aliphatic heterocycles. The predicted octanol–water partition coefficient (Wildman–Crippen LogP) is 0.292. The van der Waals surface area contributed by atoms with Crippen LogP contribution in [0.4, 0.5) is 5.82 Å². The largest absolute Gasteiger partial charge is 0.382 e. The van der Waals surface area contributed by atoms with Crippen LogP contribution in [0.25, 0.3) is 0 Å². The molecule has 2 aromatic heterocycles. The minimum absolute atomic E-state index is 0.126. The van der Waals surface area contributed by atoms with Crippen LogP contribution in [-0.4, -0.2) is 86.0 Å². The van der Waals surface area contributed by atoms with Crippen molar-refractivity contribution >= 4 is 17.6 Å². The summed E-state index contributed by atoms with van der Waals surface area (Å²) in [4.78, 5) is 37.7. The Morgan fingerprint density at radius 2 is 1.84 bits per heavy atom. The van der Waals surface area contributed by atoms with Gasteiger partial charge in [0.1, 0.15) is 0 Å². The van der Waals surface area contributed by atoms with E-state index < -0.39 is 0 Å². The molecule has 2 fully saturated rings. The SMILES string of the molecule is Cc1nc(N)c(C(=O)N2CCC[C@@H](Cn3cc(C(=O)N4CCOCC4)nn3)C2)nc1C. The molecule has 0 spiro atoms. The van der Waals surface area contributed by atoms with E-state index in [4.69, 9.17) is 10.5 Å². The summed E-state index contributed by atoms with van der Waals surface area (Å²) in [7, 11) is 0. The molecule has 0 saturated carbocycles. The van der Waals surface area contributed by atoms with Crippen molar-refractivity contribution in [2.45, 2.75) is 33.2 Å². The number of rotatable bonds is 4. The summed E-state index contributed by atoms with van der Waals surface area (Å²) < 4.78 is 6.98. The molecule has 2 aliphatic rings. The van der Waals surface area contributed by atoms with Crippen LogP contribution in [0.5, 0.6) is 0 Å². The molecular formula is C20H28N8O3. The summed E-state index contributed by atoms with van der Waals surface area (Å²) in [5.41, 5.74) is 7.93. The zero-order valence-corrected chi connectivity index (χ0v) is 18.0. The van der Waals surface area contributed by atoms with Crippen LogP contribution in [0.3, 0.4) is 0 Å². The Balaban J connectivity index is 1.39. The molecule has 0 bridgehead atoms. The zero-order chi connectivity index (χ0) is 22.0. The Labute approximate surface area is 180 Å². The van der Waals surface area contributed by atoms with Gasteiger partial charge in [-0.15, -0.1) is 5.10 Å². The maximum atomic E-state index is 13.0. The van der Waals surface area contributed by atoms with Gasteiger partial charge in [0, 0.05) is 32.7 Å². The highest BCUT2D eigenvalue weighted by molar-refractivity contribution is 5.96. The van der Waals surface area contributed by atoms with Crippen LogP contribution in [0.1, 0.15) is 45.2 Å². The summed E-state index contributed by atoms with van der Waals surface area (Å²) in [6.07, 6.45) is 3.53. The van der Waals surface area contributed by atoms with Crippen LogP contribution in [0, 0.1) is 19.8 Å². The molecule has 4 rings (SSSR count). The molecule has 0 aliphatic carbocycles. The van der Waals surface area contributed by atoms with E-state index >= 15 is 0 Å². The Bertz CT molecular complexity index is 969. The monoisotopic (exact) mass is 428 g/mol. The highest BCUT2D eigenvalue weighted by atomic mass is 16.5. The van der Waals surface area contributed by atoms with Gasteiger partial charge in [0.25, 0.3) is 11.8 Å². The predicted molar refractivity (Wildman–Crippen MR) is 111 cm³/mol. The molecule has 4 heterocycles. The van der Waals surface area contributed by atoms with E-state index in [2.05, 4.69) is 20.3 Å². The van der Waals surface area contributed by atoms with Gasteiger partial charge in [-0.2, -0.15) is 0 Å². The number of likely N-dealkylation sites (tertiary alicyclic amines) is 1. The fourth-order valence-electron chi connectivity index (χ4n) is 4.00. The van der Waals surface area contributed by atoms with E-state index in [0.29, 0.717) is 57.3 Å². The average molecular weight is 428 g/mol. The van der Waals surface area contributed by atoms with Gasteiger partial charge in [-0.3, -0.25) is 14.3 Å². The summed E-state index contributed by atoms with van der Waals surface area (Å²) in [6, 6.07) is 0. The van der Waals surface area contributed by atoms with Gasteiger partial charge in [-0.1, -0.05) is 5.21 Å². The molecule has 0 aromatic carbocycles. The normalized spacial score (nSPS) is 19.5. The van der Waals surface area contributed by atoms with Crippen molar-refractivity contribution in [2.75, 3.05) is 45.1 Å². The third kappa shape index (κ3) is 4.66. The van der Waals surface area contributed by atoms with Crippen molar-refractivity contribution in [3.8, 4) is 0 Å². The second-order valence-corrected chi connectivity index (χ2v) is 8.12. The lowest BCUT2D eigenvalue weighted by molar-refractivity contribution is 0.0299. The summed E-state index contributed by atoms with van der Waals surface area (Å²) in [6.45, 7) is 7.66. The molecule has 1 atom stereocenters. The van der Waals surface area contributed by atoms with Gasteiger partial charge in [-0.05, 0) is 32.6 Å². The molecule has 11 heteroatoms. The lowest BCUT2D eigenvalue weighted by atomic mass is 9.97. The maximum absolute atomic E-state index is 13.0. The Kier molecular flexibility index (Phi) is 6.12. The Morgan fingerprint density at radius 1 is 1.10 bits per heavy atom. The van der Waals surface area contributed by atoms with Gasteiger partial charge in [-0.25, -0.2) is 9.97 Å². The van der Waals surface area contributed by atoms with Gasteiger partial charge in [0.2, 0.25) is 0 Å². The van der Waals surface area contributed by atoms with Crippen LogP contribution >= 0.6 is 0 Å². The number of hydrogen-bond acceptors (Lipinski definition) is 8. The van der Waals surface area contributed by atoms with Crippen LogP contribution in [0.2, 0.25) is 0 Å². The van der Waals surface area contributed by atoms with E-state index in [1.807, 2.05) is 13.8 Å². The number of hydrogen-bond donors (Lipinski definition) is 1. The third-order valence-electron chi connectivity index (χ3n) is 5.84. The van der Waals surface area contributed by atoms with Crippen LogP contribution < -0.4 is 5.73 Å². The number of ether oxygens (including phenoxy) is 1. The molecule has 0 unspecified atom stereocenters. The van der Waals surface area contributed by atoms with Crippen molar-refractivity contribution in [2.24, 2.45) is 5.92 Å². The standard InChI is InChI=1S/C20H28N8O3/c1-13-14(2)23-18(21)17(22-13)20(30)27-5-3-4-15(10-27)11-28-12-16(24-25-28)19(29)26-6-8-31-9-7-26/h12,15H,3-11H2,1-2H3,(H2,21,23)/t15-/m1/s1. The first-order valence-corrected chi connectivity index (χ1v) is 10.6. The molecule has 11 nitrogen and oxygen atoms in total. The summed E-state index contributed by atoms with van der Waals surface area (Å²) in [5.74, 6) is 0.0441.